The smallest absolute Gasteiger partial charge is 0.244 e. The summed E-state index contributed by atoms with van der Waals surface area (Å²) in [4.78, 5) is 0. The van der Waals surface area contributed by atoms with Crippen molar-refractivity contribution in [3.05, 3.63) is 0 Å². The van der Waals surface area contributed by atoms with Crippen LogP contribution in [0.15, 0.2) is 0 Å². The van der Waals surface area contributed by atoms with Gasteiger partial charge in [-0.1, -0.05) is 39.5 Å². The zero-order valence-corrected chi connectivity index (χ0v) is 11.1. The highest BCUT2D eigenvalue weighted by molar-refractivity contribution is 4.94. The average molecular weight is 248 g/mol. The van der Waals surface area contributed by atoms with Crippen molar-refractivity contribution in [2.45, 2.75) is 77.2 Å². The molecule has 1 rings (SSSR count). The molecule has 2 unspecified atom stereocenters. The van der Waals surface area contributed by atoms with Crippen molar-refractivity contribution < 1.29 is 13.9 Å². The van der Waals surface area contributed by atoms with E-state index >= 15 is 0 Å². The predicted molar refractivity (Wildman–Crippen MR) is 66.2 cm³/mol. The summed E-state index contributed by atoms with van der Waals surface area (Å²) in [5.74, 6) is -0.777. The van der Waals surface area contributed by atoms with Crippen LogP contribution in [0.25, 0.3) is 0 Å². The third-order valence-corrected chi connectivity index (χ3v) is 4.35. The number of aliphatic hydroxyl groups is 1. The number of alkyl halides is 2. The van der Waals surface area contributed by atoms with Crippen LogP contribution in [-0.4, -0.2) is 17.1 Å². The molecule has 0 radical (unpaired) electrons. The highest BCUT2D eigenvalue weighted by Gasteiger charge is 2.46. The number of hydrogen-bond acceptors (Lipinski definition) is 1. The molecule has 0 amide bonds. The molecule has 0 saturated heterocycles. The van der Waals surface area contributed by atoms with Gasteiger partial charge in [-0.2, -0.15) is 0 Å². The van der Waals surface area contributed by atoms with Crippen LogP contribution >= 0.6 is 0 Å². The Hall–Kier alpha value is -0.180. The third-order valence-electron chi connectivity index (χ3n) is 4.35. The second-order valence-electron chi connectivity index (χ2n) is 5.43. The fourth-order valence-electron chi connectivity index (χ4n) is 3.45. The third kappa shape index (κ3) is 3.40. The molecular formula is C14H26F2O. The Balaban J connectivity index is 2.84. The molecule has 0 aromatic carbocycles. The van der Waals surface area contributed by atoms with Crippen molar-refractivity contribution in [1.82, 2.24) is 0 Å². The normalized spacial score (nSPS) is 23.6. The fourth-order valence-corrected chi connectivity index (χ4v) is 3.45. The molecule has 0 aliphatic heterocycles. The Kier molecular flexibility index (Phi) is 5.84. The van der Waals surface area contributed by atoms with Gasteiger partial charge in [-0.25, -0.2) is 8.78 Å². The van der Waals surface area contributed by atoms with E-state index in [9.17, 15) is 13.9 Å². The first-order valence-corrected chi connectivity index (χ1v) is 7.06. The van der Waals surface area contributed by atoms with Crippen LogP contribution in [0.2, 0.25) is 0 Å². The minimum atomic E-state index is -2.40. The molecule has 0 aromatic rings. The van der Waals surface area contributed by atoms with Crippen molar-refractivity contribution in [3.63, 3.8) is 0 Å². The maximum atomic E-state index is 13.1. The van der Waals surface area contributed by atoms with E-state index in [4.69, 9.17) is 0 Å². The lowest BCUT2D eigenvalue weighted by molar-refractivity contribution is -0.134. The predicted octanol–water partition coefficient (Wildman–Crippen LogP) is 4.39. The molecule has 3 heteroatoms. The summed E-state index contributed by atoms with van der Waals surface area (Å²) in [6, 6.07) is 0. The Morgan fingerprint density at radius 2 is 1.76 bits per heavy atom. The molecule has 0 spiro atoms. The largest absolute Gasteiger partial charge is 0.389 e. The molecule has 1 saturated carbocycles. The van der Waals surface area contributed by atoms with Crippen LogP contribution in [0, 0.1) is 11.8 Å². The van der Waals surface area contributed by atoms with Crippen molar-refractivity contribution in [1.29, 1.82) is 0 Å². The molecule has 1 aliphatic carbocycles. The van der Waals surface area contributed by atoms with E-state index in [1.165, 1.54) is 6.42 Å². The lowest BCUT2D eigenvalue weighted by Gasteiger charge is -2.43. The van der Waals surface area contributed by atoms with Gasteiger partial charge in [-0.15, -0.1) is 0 Å². The SMILES string of the molecule is CCCC(O)(C1CCCCC1)C(CC)C(F)F. The lowest BCUT2D eigenvalue weighted by atomic mass is 9.68. The van der Waals surface area contributed by atoms with E-state index in [0.717, 1.165) is 32.1 Å². The van der Waals surface area contributed by atoms with Gasteiger partial charge in [0.05, 0.1) is 5.60 Å². The number of rotatable bonds is 6. The number of halogens is 2. The van der Waals surface area contributed by atoms with Gasteiger partial charge in [-0.05, 0) is 31.6 Å². The summed E-state index contributed by atoms with van der Waals surface area (Å²) >= 11 is 0. The van der Waals surface area contributed by atoms with E-state index in [0.29, 0.717) is 12.8 Å². The van der Waals surface area contributed by atoms with E-state index < -0.39 is 17.9 Å². The van der Waals surface area contributed by atoms with Crippen LogP contribution in [0.3, 0.4) is 0 Å². The van der Waals surface area contributed by atoms with Gasteiger partial charge in [0.15, 0.2) is 0 Å². The van der Waals surface area contributed by atoms with Gasteiger partial charge >= 0.3 is 0 Å². The molecular weight excluding hydrogens is 222 g/mol. The zero-order valence-electron chi connectivity index (χ0n) is 11.1. The first-order chi connectivity index (χ1) is 8.06. The monoisotopic (exact) mass is 248 g/mol. The highest BCUT2D eigenvalue weighted by atomic mass is 19.3. The van der Waals surface area contributed by atoms with Gasteiger partial charge in [0, 0.05) is 5.92 Å². The quantitative estimate of drug-likeness (QED) is 0.739. The van der Waals surface area contributed by atoms with E-state index in [2.05, 4.69) is 0 Å². The van der Waals surface area contributed by atoms with Gasteiger partial charge < -0.3 is 5.11 Å². The first kappa shape index (κ1) is 14.9. The Bertz CT molecular complexity index is 214. The summed E-state index contributed by atoms with van der Waals surface area (Å²) in [5, 5.41) is 10.8. The fraction of sp³-hybridized carbons (Fsp3) is 1.00. The molecule has 2 atom stereocenters. The molecule has 102 valence electrons. The number of hydrogen-bond donors (Lipinski definition) is 1. The lowest BCUT2D eigenvalue weighted by Crippen LogP contribution is -2.48. The summed E-state index contributed by atoms with van der Waals surface area (Å²) in [6.45, 7) is 3.73. The maximum Gasteiger partial charge on any atom is 0.244 e. The van der Waals surface area contributed by atoms with Gasteiger partial charge in [0.1, 0.15) is 0 Å². The Morgan fingerprint density at radius 1 is 1.18 bits per heavy atom. The van der Waals surface area contributed by atoms with E-state index in [-0.39, 0.29) is 5.92 Å². The van der Waals surface area contributed by atoms with Gasteiger partial charge in [0.25, 0.3) is 0 Å². The minimum Gasteiger partial charge on any atom is -0.389 e. The van der Waals surface area contributed by atoms with Crippen LogP contribution in [0.5, 0.6) is 0 Å². The Morgan fingerprint density at radius 3 is 2.18 bits per heavy atom. The Labute approximate surface area is 104 Å². The highest BCUT2D eigenvalue weighted by Crippen LogP contribution is 2.43. The van der Waals surface area contributed by atoms with Gasteiger partial charge in [-0.3, -0.25) is 0 Å². The van der Waals surface area contributed by atoms with Crippen LogP contribution in [0.1, 0.15) is 65.2 Å². The van der Waals surface area contributed by atoms with Crippen molar-refractivity contribution >= 4 is 0 Å². The summed E-state index contributed by atoms with van der Waals surface area (Å²) in [6.07, 6.45) is 4.43. The standard InChI is InChI=1S/C14H26F2O/c1-3-10-14(17,12(4-2)13(15)16)11-8-6-5-7-9-11/h11-13,17H,3-10H2,1-2H3. The molecule has 1 nitrogen and oxygen atoms in total. The van der Waals surface area contributed by atoms with E-state index in [1.807, 2.05) is 6.92 Å². The van der Waals surface area contributed by atoms with Crippen LogP contribution in [-0.2, 0) is 0 Å². The van der Waals surface area contributed by atoms with Crippen molar-refractivity contribution in [2.75, 3.05) is 0 Å². The topological polar surface area (TPSA) is 20.2 Å². The summed E-state index contributed by atoms with van der Waals surface area (Å²) < 4.78 is 26.2. The molecule has 0 bridgehead atoms. The van der Waals surface area contributed by atoms with Crippen LogP contribution < -0.4 is 0 Å². The molecule has 1 fully saturated rings. The molecule has 0 aromatic heterocycles. The first-order valence-electron chi connectivity index (χ1n) is 7.06. The molecule has 17 heavy (non-hydrogen) atoms. The summed E-state index contributed by atoms with van der Waals surface area (Å²) in [5.41, 5.74) is -1.14. The van der Waals surface area contributed by atoms with Crippen molar-refractivity contribution in [2.24, 2.45) is 11.8 Å². The molecule has 0 heterocycles. The zero-order chi connectivity index (χ0) is 12.9. The van der Waals surface area contributed by atoms with Crippen molar-refractivity contribution in [3.8, 4) is 0 Å². The molecule has 1 aliphatic rings. The van der Waals surface area contributed by atoms with Gasteiger partial charge in [0.2, 0.25) is 6.43 Å². The van der Waals surface area contributed by atoms with Crippen LogP contribution in [0.4, 0.5) is 8.78 Å². The van der Waals surface area contributed by atoms with E-state index in [1.54, 1.807) is 6.92 Å². The minimum absolute atomic E-state index is 0.0788. The second-order valence-corrected chi connectivity index (χ2v) is 5.43. The second kappa shape index (κ2) is 6.67. The molecule has 1 N–H and O–H groups in total. The maximum absolute atomic E-state index is 13.1. The average Bonchev–Trinajstić information content (AvgIpc) is 2.31. The summed E-state index contributed by atoms with van der Waals surface area (Å²) in [7, 11) is 0.